The molecule has 0 saturated heterocycles. The van der Waals surface area contributed by atoms with Gasteiger partial charge in [0.2, 0.25) is 0 Å². The van der Waals surface area contributed by atoms with E-state index in [2.05, 4.69) is 17.1 Å². The third kappa shape index (κ3) is 4.57. The average molecular weight is 349 g/mol. The lowest BCUT2D eigenvalue weighted by atomic mass is 10.2. The van der Waals surface area contributed by atoms with Crippen molar-refractivity contribution < 1.29 is 9.32 Å². The molecule has 0 saturated carbocycles. The first-order chi connectivity index (χ1) is 12.7. The van der Waals surface area contributed by atoms with Crippen molar-refractivity contribution in [2.45, 2.75) is 39.8 Å². The van der Waals surface area contributed by atoms with Crippen LogP contribution in [-0.4, -0.2) is 20.9 Å². The zero-order valence-electron chi connectivity index (χ0n) is 15.2. The van der Waals surface area contributed by atoms with Gasteiger partial charge in [0, 0.05) is 24.7 Å². The van der Waals surface area contributed by atoms with E-state index in [-0.39, 0.29) is 5.91 Å². The third-order valence-corrected chi connectivity index (χ3v) is 4.08. The Bertz CT molecular complexity index is 858. The fourth-order valence-electron chi connectivity index (χ4n) is 2.83. The lowest BCUT2D eigenvalue weighted by Crippen LogP contribution is -2.30. The molecule has 0 aliphatic heterocycles. The molecule has 5 heteroatoms. The summed E-state index contributed by atoms with van der Waals surface area (Å²) in [5, 5.41) is 3.97. The van der Waals surface area contributed by atoms with E-state index in [1.807, 2.05) is 55.5 Å². The number of aromatic nitrogens is 2. The number of carbonyl (C=O) groups excluding carboxylic acids is 1. The predicted octanol–water partition coefficient (Wildman–Crippen LogP) is 4.17. The van der Waals surface area contributed by atoms with Gasteiger partial charge < -0.3 is 9.42 Å². The summed E-state index contributed by atoms with van der Waals surface area (Å²) < 4.78 is 5.28. The monoisotopic (exact) mass is 349 g/mol. The van der Waals surface area contributed by atoms with Crippen LogP contribution in [0.15, 0.2) is 59.1 Å². The van der Waals surface area contributed by atoms with Crippen molar-refractivity contribution in [1.29, 1.82) is 0 Å². The summed E-state index contributed by atoms with van der Waals surface area (Å²) in [6.45, 7) is 4.92. The number of aryl methyl sites for hydroxylation is 2. The number of hydrogen-bond donors (Lipinski definition) is 0. The summed E-state index contributed by atoms with van der Waals surface area (Å²) in [6.07, 6.45) is 1.72. The molecule has 0 aliphatic carbocycles. The van der Waals surface area contributed by atoms with E-state index in [0.717, 1.165) is 35.6 Å². The number of hydrogen-bond acceptors (Lipinski definition) is 4. The molecular formula is C21H23N3O2. The molecule has 0 N–H and O–H groups in total. The van der Waals surface area contributed by atoms with Crippen LogP contribution in [-0.2, 0) is 19.5 Å². The van der Waals surface area contributed by atoms with E-state index < -0.39 is 0 Å². The van der Waals surface area contributed by atoms with Gasteiger partial charge in [-0.1, -0.05) is 48.5 Å². The highest BCUT2D eigenvalue weighted by Gasteiger charge is 2.21. The lowest BCUT2D eigenvalue weighted by Gasteiger charge is -2.21. The fraction of sp³-hybridized carbons (Fsp3) is 0.286. The summed E-state index contributed by atoms with van der Waals surface area (Å²) in [6, 6.07) is 17.5. The largest absolute Gasteiger partial charge is 0.361 e. The van der Waals surface area contributed by atoms with Gasteiger partial charge in [-0.2, -0.15) is 0 Å². The molecule has 1 aromatic carbocycles. The van der Waals surface area contributed by atoms with Gasteiger partial charge in [0.05, 0.1) is 12.2 Å². The van der Waals surface area contributed by atoms with Gasteiger partial charge in [-0.15, -0.1) is 0 Å². The summed E-state index contributed by atoms with van der Waals surface area (Å²) in [5.74, 6) is 0.590. The average Bonchev–Trinajstić information content (AvgIpc) is 3.10. The Morgan fingerprint density at radius 1 is 1.08 bits per heavy atom. The van der Waals surface area contributed by atoms with Gasteiger partial charge in [-0.3, -0.25) is 9.78 Å². The molecular weight excluding hydrogens is 326 g/mol. The molecule has 2 heterocycles. The van der Waals surface area contributed by atoms with Crippen LogP contribution in [0, 0.1) is 6.92 Å². The first kappa shape index (κ1) is 17.9. The summed E-state index contributed by atoms with van der Waals surface area (Å²) >= 11 is 0. The molecule has 3 rings (SSSR count). The second-order valence-corrected chi connectivity index (χ2v) is 6.35. The van der Waals surface area contributed by atoms with Gasteiger partial charge in [-0.25, -0.2) is 0 Å². The Balaban J connectivity index is 1.84. The van der Waals surface area contributed by atoms with Crippen molar-refractivity contribution in [3.05, 3.63) is 83.0 Å². The van der Waals surface area contributed by atoms with Crippen molar-refractivity contribution in [3.8, 4) is 0 Å². The Labute approximate surface area is 153 Å². The first-order valence-corrected chi connectivity index (χ1v) is 8.87. The smallest absolute Gasteiger partial charge is 0.276 e. The molecule has 0 aliphatic rings. The van der Waals surface area contributed by atoms with Gasteiger partial charge >= 0.3 is 0 Å². The maximum absolute atomic E-state index is 13.0. The second kappa shape index (κ2) is 8.43. The zero-order valence-corrected chi connectivity index (χ0v) is 15.2. The molecule has 3 aromatic rings. The normalized spacial score (nSPS) is 10.7. The Hall–Kier alpha value is -2.95. The fourth-order valence-corrected chi connectivity index (χ4v) is 2.83. The Morgan fingerprint density at radius 3 is 2.62 bits per heavy atom. The lowest BCUT2D eigenvalue weighted by molar-refractivity contribution is 0.0717. The van der Waals surface area contributed by atoms with E-state index in [1.54, 1.807) is 11.0 Å². The molecule has 0 fully saturated rings. The molecule has 134 valence electrons. The van der Waals surface area contributed by atoms with Crippen molar-refractivity contribution in [3.63, 3.8) is 0 Å². The highest BCUT2D eigenvalue weighted by atomic mass is 16.5. The van der Waals surface area contributed by atoms with Crippen LogP contribution in [0.5, 0.6) is 0 Å². The number of rotatable bonds is 7. The van der Waals surface area contributed by atoms with E-state index in [4.69, 9.17) is 4.52 Å². The van der Waals surface area contributed by atoms with Gasteiger partial charge in [-0.05, 0) is 31.0 Å². The van der Waals surface area contributed by atoms with Crippen LogP contribution >= 0.6 is 0 Å². The molecule has 0 radical (unpaired) electrons. The van der Waals surface area contributed by atoms with Crippen LogP contribution in [0.4, 0.5) is 0 Å². The number of benzene rings is 1. The van der Waals surface area contributed by atoms with E-state index in [9.17, 15) is 4.79 Å². The van der Waals surface area contributed by atoms with E-state index >= 15 is 0 Å². The Morgan fingerprint density at radius 2 is 1.88 bits per heavy atom. The van der Waals surface area contributed by atoms with Crippen LogP contribution in [0.3, 0.4) is 0 Å². The minimum Gasteiger partial charge on any atom is -0.361 e. The maximum Gasteiger partial charge on any atom is 0.276 e. The molecule has 0 atom stereocenters. The number of amides is 1. The van der Waals surface area contributed by atoms with Crippen LogP contribution in [0.1, 0.15) is 46.5 Å². The summed E-state index contributed by atoms with van der Waals surface area (Å²) in [5.41, 5.74) is 3.19. The molecule has 1 amide bonds. The topological polar surface area (TPSA) is 59.2 Å². The highest BCUT2D eigenvalue weighted by Crippen LogP contribution is 2.15. The Kier molecular flexibility index (Phi) is 5.79. The zero-order chi connectivity index (χ0) is 18.4. The van der Waals surface area contributed by atoms with Crippen molar-refractivity contribution in [2.75, 3.05) is 0 Å². The standard InChI is InChI=1S/C21H23N3O2/c1-3-8-19-13-20(23-26-19)21(25)24(14-17-10-5-4-6-11-17)15-18-12-7-9-16(2)22-18/h4-7,9-13H,3,8,14-15H2,1-2H3. The maximum atomic E-state index is 13.0. The van der Waals surface area contributed by atoms with Crippen LogP contribution < -0.4 is 0 Å². The number of carbonyl (C=O) groups is 1. The van der Waals surface area contributed by atoms with Gasteiger partial charge in [0.15, 0.2) is 5.69 Å². The van der Waals surface area contributed by atoms with Crippen LogP contribution in [0.25, 0.3) is 0 Å². The number of nitrogens with zero attached hydrogens (tertiary/aromatic N) is 3. The minimum absolute atomic E-state index is 0.150. The second-order valence-electron chi connectivity index (χ2n) is 6.35. The summed E-state index contributed by atoms with van der Waals surface area (Å²) in [7, 11) is 0. The predicted molar refractivity (Wildman–Crippen MR) is 99.5 cm³/mol. The molecule has 26 heavy (non-hydrogen) atoms. The van der Waals surface area contributed by atoms with E-state index in [0.29, 0.717) is 18.8 Å². The summed E-state index contributed by atoms with van der Waals surface area (Å²) in [4.78, 5) is 19.3. The quantitative estimate of drug-likeness (QED) is 0.642. The van der Waals surface area contributed by atoms with E-state index in [1.165, 1.54) is 0 Å². The van der Waals surface area contributed by atoms with Crippen molar-refractivity contribution in [1.82, 2.24) is 15.0 Å². The number of pyridine rings is 1. The van der Waals surface area contributed by atoms with Crippen molar-refractivity contribution in [2.24, 2.45) is 0 Å². The molecule has 0 bridgehead atoms. The molecule has 2 aromatic heterocycles. The first-order valence-electron chi connectivity index (χ1n) is 8.87. The van der Waals surface area contributed by atoms with Gasteiger partial charge in [0.25, 0.3) is 5.91 Å². The molecule has 5 nitrogen and oxygen atoms in total. The van der Waals surface area contributed by atoms with Crippen molar-refractivity contribution >= 4 is 5.91 Å². The minimum atomic E-state index is -0.150. The molecule has 0 spiro atoms. The SMILES string of the molecule is CCCc1cc(C(=O)N(Cc2ccccc2)Cc2cccc(C)n2)no1. The van der Waals surface area contributed by atoms with Crippen LogP contribution in [0.2, 0.25) is 0 Å². The third-order valence-electron chi connectivity index (χ3n) is 4.08. The highest BCUT2D eigenvalue weighted by molar-refractivity contribution is 5.92. The molecule has 0 unspecified atom stereocenters. The van der Waals surface area contributed by atoms with Gasteiger partial charge in [0.1, 0.15) is 5.76 Å².